The number of aliphatic hydroxyl groups is 1. The molecule has 1 aromatic carbocycles. The summed E-state index contributed by atoms with van der Waals surface area (Å²) in [6, 6.07) is 1.99. The van der Waals surface area contributed by atoms with Crippen LogP contribution in [0, 0.1) is 5.92 Å². The lowest BCUT2D eigenvalue weighted by molar-refractivity contribution is -0.155. The molecule has 0 radical (unpaired) electrons. The number of hydrogen-bond donors (Lipinski definition) is 3. The Morgan fingerprint density at radius 1 is 1.23 bits per heavy atom. The van der Waals surface area contributed by atoms with Crippen molar-refractivity contribution >= 4 is 17.8 Å². The summed E-state index contributed by atoms with van der Waals surface area (Å²) in [5.41, 5.74) is -1.18. The predicted molar refractivity (Wildman–Crippen MR) is 97.9 cm³/mol. The van der Waals surface area contributed by atoms with Crippen LogP contribution in [0.2, 0.25) is 0 Å². The number of nitrogens with one attached hydrogen (secondary N) is 2. The van der Waals surface area contributed by atoms with Crippen molar-refractivity contribution in [2.24, 2.45) is 5.92 Å². The molecule has 0 aromatic heterocycles. The van der Waals surface area contributed by atoms with Gasteiger partial charge in [0.2, 0.25) is 12.2 Å². The molecule has 3 N–H and O–H groups in total. The fraction of sp³-hybridized carbons (Fsp3) is 0.550. The van der Waals surface area contributed by atoms with Crippen molar-refractivity contribution in [1.29, 1.82) is 0 Å². The van der Waals surface area contributed by atoms with E-state index in [1.54, 1.807) is 0 Å². The van der Waals surface area contributed by atoms with Crippen LogP contribution in [0.5, 0.6) is 0 Å². The van der Waals surface area contributed by atoms with Gasteiger partial charge in [0.05, 0.1) is 12.0 Å². The summed E-state index contributed by atoms with van der Waals surface area (Å²) in [6.07, 6.45) is -2.18. The molecular formula is C20H23F3N2O5. The largest absolute Gasteiger partial charge is 0.434 e. The van der Waals surface area contributed by atoms with Crippen LogP contribution in [0.25, 0.3) is 0 Å². The molecule has 7 nitrogen and oxygen atoms in total. The quantitative estimate of drug-likeness (QED) is 0.603. The Labute approximate surface area is 171 Å². The zero-order chi connectivity index (χ0) is 21.9. The average Bonchev–Trinajstić information content (AvgIpc) is 3.30. The van der Waals surface area contributed by atoms with E-state index in [1.165, 1.54) is 6.07 Å². The van der Waals surface area contributed by atoms with E-state index in [0.29, 0.717) is 6.42 Å². The number of carbonyl (C=O) groups is 3. The van der Waals surface area contributed by atoms with Gasteiger partial charge in [0, 0.05) is 5.56 Å². The molecule has 2 fully saturated rings. The summed E-state index contributed by atoms with van der Waals surface area (Å²) in [7, 11) is 0. The summed E-state index contributed by atoms with van der Waals surface area (Å²) in [6.45, 7) is 0. The zero-order valence-corrected chi connectivity index (χ0v) is 16.1. The van der Waals surface area contributed by atoms with Gasteiger partial charge in [0.1, 0.15) is 12.1 Å². The standard InChI is InChI=1S/C20H23F3N2O5/c21-20(22,23)13-7-3-6-12(9-13)17(27)24-14(8-11-4-1-2-5-11)18(28)25-15-10-16(26)30-19(15)29/h3,6-7,9,11,14-15,19,29H,1-2,4-5,8,10H2,(H,24,27)(H,25,28)/t14-,15-,19?/m0/s1. The second kappa shape index (κ2) is 9.03. The molecule has 164 valence electrons. The molecule has 0 spiro atoms. The number of amides is 2. The van der Waals surface area contributed by atoms with Gasteiger partial charge in [-0.3, -0.25) is 14.4 Å². The van der Waals surface area contributed by atoms with Crippen molar-refractivity contribution in [3.8, 4) is 0 Å². The third-order valence-electron chi connectivity index (χ3n) is 5.43. The SMILES string of the molecule is O=C1C[C@H](NC(=O)[C@H](CC2CCCC2)NC(=O)c2cccc(C(F)(F)F)c2)C(O)O1. The van der Waals surface area contributed by atoms with Crippen LogP contribution in [0.15, 0.2) is 24.3 Å². The van der Waals surface area contributed by atoms with E-state index in [9.17, 15) is 32.7 Å². The van der Waals surface area contributed by atoms with Crippen molar-refractivity contribution in [1.82, 2.24) is 10.6 Å². The summed E-state index contributed by atoms with van der Waals surface area (Å²) in [4.78, 5) is 36.6. The van der Waals surface area contributed by atoms with E-state index in [-0.39, 0.29) is 17.9 Å². The molecule has 2 aliphatic rings. The van der Waals surface area contributed by atoms with Gasteiger partial charge in [0.25, 0.3) is 5.91 Å². The maximum Gasteiger partial charge on any atom is 0.416 e. The molecule has 3 atom stereocenters. The Balaban J connectivity index is 1.72. The average molecular weight is 428 g/mol. The smallest absolute Gasteiger partial charge is 0.416 e. The molecule has 1 saturated heterocycles. The van der Waals surface area contributed by atoms with E-state index in [0.717, 1.165) is 43.9 Å². The second-order valence-corrected chi connectivity index (χ2v) is 7.69. The van der Waals surface area contributed by atoms with E-state index < -0.39 is 47.9 Å². The maximum atomic E-state index is 12.9. The molecule has 3 rings (SSSR count). The van der Waals surface area contributed by atoms with E-state index >= 15 is 0 Å². The molecule has 1 aliphatic carbocycles. The highest BCUT2D eigenvalue weighted by molar-refractivity contribution is 5.97. The molecular weight excluding hydrogens is 405 g/mol. The predicted octanol–water partition coefficient (Wildman–Crippen LogP) is 2.13. The van der Waals surface area contributed by atoms with Crippen molar-refractivity contribution in [2.75, 3.05) is 0 Å². The van der Waals surface area contributed by atoms with Gasteiger partial charge in [0.15, 0.2) is 0 Å². The first-order chi connectivity index (χ1) is 14.1. The summed E-state index contributed by atoms with van der Waals surface area (Å²) in [5.74, 6) is -1.90. The number of aliphatic hydroxyl groups excluding tert-OH is 1. The highest BCUT2D eigenvalue weighted by Gasteiger charge is 2.37. The van der Waals surface area contributed by atoms with Gasteiger partial charge < -0.3 is 20.5 Å². The maximum absolute atomic E-state index is 12.9. The van der Waals surface area contributed by atoms with Crippen molar-refractivity contribution in [3.63, 3.8) is 0 Å². The minimum absolute atomic E-state index is 0.189. The third kappa shape index (κ3) is 5.50. The molecule has 1 unspecified atom stereocenters. The number of halogens is 3. The molecule has 1 aliphatic heterocycles. The minimum Gasteiger partial charge on any atom is -0.434 e. The number of hydrogen-bond acceptors (Lipinski definition) is 5. The number of ether oxygens (including phenoxy) is 1. The topological polar surface area (TPSA) is 105 Å². The van der Waals surface area contributed by atoms with E-state index in [4.69, 9.17) is 0 Å². The summed E-state index contributed by atoms with van der Waals surface area (Å²) >= 11 is 0. The Morgan fingerprint density at radius 2 is 1.93 bits per heavy atom. The number of cyclic esters (lactones) is 1. The van der Waals surface area contributed by atoms with Gasteiger partial charge >= 0.3 is 12.1 Å². The second-order valence-electron chi connectivity index (χ2n) is 7.69. The Hall–Kier alpha value is -2.62. The van der Waals surface area contributed by atoms with Crippen molar-refractivity contribution < 1.29 is 37.4 Å². The van der Waals surface area contributed by atoms with Gasteiger partial charge in [-0.1, -0.05) is 31.7 Å². The van der Waals surface area contributed by atoms with Crippen LogP contribution in [-0.4, -0.2) is 41.3 Å². The van der Waals surface area contributed by atoms with Crippen molar-refractivity contribution in [2.45, 2.75) is 63.1 Å². The zero-order valence-electron chi connectivity index (χ0n) is 16.1. The van der Waals surface area contributed by atoms with Crippen LogP contribution in [-0.2, 0) is 20.5 Å². The first-order valence-electron chi connectivity index (χ1n) is 9.79. The highest BCUT2D eigenvalue weighted by Crippen LogP contribution is 2.30. The molecule has 1 heterocycles. The first-order valence-corrected chi connectivity index (χ1v) is 9.79. The first kappa shape index (κ1) is 22.1. The lowest BCUT2D eigenvalue weighted by atomic mass is 9.97. The van der Waals surface area contributed by atoms with Crippen LogP contribution in [0.1, 0.15) is 54.4 Å². The molecule has 0 bridgehead atoms. The molecule has 1 aromatic rings. The highest BCUT2D eigenvalue weighted by atomic mass is 19.4. The Bertz CT molecular complexity index is 808. The summed E-state index contributed by atoms with van der Waals surface area (Å²) in [5, 5.41) is 14.7. The molecule has 1 saturated carbocycles. The summed E-state index contributed by atoms with van der Waals surface area (Å²) < 4.78 is 43.4. The fourth-order valence-corrected chi connectivity index (χ4v) is 3.84. The van der Waals surface area contributed by atoms with Crippen molar-refractivity contribution in [3.05, 3.63) is 35.4 Å². The third-order valence-corrected chi connectivity index (χ3v) is 5.43. The van der Waals surface area contributed by atoms with Crippen LogP contribution in [0.4, 0.5) is 13.2 Å². The van der Waals surface area contributed by atoms with Crippen LogP contribution < -0.4 is 10.6 Å². The van der Waals surface area contributed by atoms with Gasteiger partial charge in [-0.15, -0.1) is 0 Å². The Kier molecular flexibility index (Phi) is 6.64. The van der Waals surface area contributed by atoms with Crippen LogP contribution >= 0.6 is 0 Å². The van der Waals surface area contributed by atoms with Crippen LogP contribution in [0.3, 0.4) is 0 Å². The molecule has 10 heteroatoms. The Morgan fingerprint density at radius 3 is 2.53 bits per heavy atom. The fourth-order valence-electron chi connectivity index (χ4n) is 3.84. The number of benzene rings is 1. The lowest BCUT2D eigenvalue weighted by Crippen LogP contribution is -2.52. The number of esters is 1. The van der Waals surface area contributed by atoms with Gasteiger partial charge in [-0.25, -0.2) is 0 Å². The van der Waals surface area contributed by atoms with E-state index in [1.807, 2.05) is 0 Å². The monoisotopic (exact) mass is 428 g/mol. The number of rotatable bonds is 6. The van der Waals surface area contributed by atoms with Gasteiger partial charge in [-0.2, -0.15) is 13.2 Å². The van der Waals surface area contributed by atoms with Gasteiger partial charge in [-0.05, 0) is 30.5 Å². The minimum atomic E-state index is -4.60. The normalized spacial score (nSPS) is 23.1. The molecule has 2 amide bonds. The lowest BCUT2D eigenvalue weighted by Gasteiger charge is -2.24. The number of alkyl halides is 3. The molecule has 30 heavy (non-hydrogen) atoms. The number of carbonyl (C=O) groups excluding carboxylic acids is 3. The van der Waals surface area contributed by atoms with E-state index in [2.05, 4.69) is 15.4 Å².